The maximum atomic E-state index is 12.8. The van der Waals surface area contributed by atoms with Gasteiger partial charge in [0.05, 0.1) is 0 Å². The van der Waals surface area contributed by atoms with Gasteiger partial charge in [0.2, 0.25) is 0 Å². The van der Waals surface area contributed by atoms with E-state index in [9.17, 15) is 13.5 Å². The van der Waals surface area contributed by atoms with Gasteiger partial charge in [-0.2, -0.15) is 17.0 Å². The number of aliphatic hydroxyl groups is 1. The highest BCUT2D eigenvalue weighted by atomic mass is 32.2. The molecule has 2 aliphatic rings. The van der Waals surface area contributed by atoms with Gasteiger partial charge in [-0.1, -0.05) is 19.8 Å². The lowest BCUT2D eigenvalue weighted by molar-refractivity contribution is 0.152. The first-order valence-corrected chi connectivity index (χ1v) is 9.20. The molecule has 0 aromatic rings. The largest absolute Gasteiger partial charge is 0.396 e. The fourth-order valence-electron chi connectivity index (χ4n) is 3.58. The van der Waals surface area contributed by atoms with Crippen molar-refractivity contribution in [3.63, 3.8) is 0 Å². The average Bonchev–Trinajstić information content (AvgIpc) is 2.47. The molecule has 1 N–H and O–H groups in total. The van der Waals surface area contributed by atoms with Crippen LogP contribution in [0.5, 0.6) is 0 Å². The highest BCUT2D eigenvalue weighted by Crippen LogP contribution is 2.30. The topological polar surface area (TPSA) is 60.9 Å². The molecule has 6 heteroatoms. The smallest absolute Gasteiger partial charge is 0.281 e. The summed E-state index contributed by atoms with van der Waals surface area (Å²) >= 11 is 0. The monoisotopic (exact) mass is 304 g/mol. The summed E-state index contributed by atoms with van der Waals surface area (Å²) in [6.45, 7) is 3.28. The number of piperidine rings is 1. The predicted octanol–water partition coefficient (Wildman–Crippen LogP) is 1.45. The lowest BCUT2D eigenvalue weighted by Gasteiger charge is -2.40. The van der Waals surface area contributed by atoms with Crippen LogP contribution in [0.2, 0.25) is 0 Å². The van der Waals surface area contributed by atoms with Crippen molar-refractivity contribution < 1.29 is 13.5 Å². The Kier molecular flexibility index (Phi) is 5.45. The van der Waals surface area contributed by atoms with E-state index in [0.29, 0.717) is 19.0 Å². The van der Waals surface area contributed by atoms with Gasteiger partial charge in [-0.25, -0.2) is 0 Å². The minimum absolute atomic E-state index is 0.0789. The van der Waals surface area contributed by atoms with Crippen LogP contribution in [-0.2, 0) is 10.2 Å². The molecule has 0 aromatic carbocycles. The van der Waals surface area contributed by atoms with Crippen molar-refractivity contribution in [1.82, 2.24) is 8.61 Å². The fourth-order valence-corrected chi connectivity index (χ4v) is 5.35. The van der Waals surface area contributed by atoms with Crippen LogP contribution in [0.3, 0.4) is 0 Å². The molecule has 2 fully saturated rings. The fraction of sp³-hybridized carbons (Fsp3) is 1.00. The van der Waals surface area contributed by atoms with Gasteiger partial charge in [0.1, 0.15) is 0 Å². The second kappa shape index (κ2) is 6.73. The zero-order valence-corrected chi connectivity index (χ0v) is 13.5. The van der Waals surface area contributed by atoms with E-state index in [1.807, 2.05) is 0 Å². The van der Waals surface area contributed by atoms with Crippen molar-refractivity contribution in [3.8, 4) is 0 Å². The van der Waals surface area contributed by atoms with E-state index in [-0.39, 0.29) is 18.6 Å². The Morgan fingerprint density at radius 1 is 1.20 bits per heavy atom. The van der Waals surface area contributed by atoms with Crippen LogP contribution in [0.4, 0.5) is 0 Å². The molecule has 0 bridgehead atoms. The van der Waals surface area contributed by atoms with E-state index >= 15 is 0 Å². The van der Waals surface area contributed by atoms with Gasteiger partial charge >= 0.3 is 0 Å². The summed E-state index contributed by atoms with van der Waals surface area (Å²) in [5.41, 5.74) is 0. The number of aliphatic hydroxyl groups excluding tert-OH is 1. The van der Waals surface area contributed by atoms with Crippen LogP contribution in [0.15, 0.2) is 0 Å². The highest BCUT2D eigenvalue weighted by Gasteiger charge is 2.37. The van der Waals surface area contributed by atoms with Gasteiger partial charge in [0.15, 0.2) is 0 Å². The Balaban J connectivity index is 2.08. The molecule has 118 valence electrons. The minimum Gasteiger partial charge on any atom is -0.396 e. The van der Waals surface area contributed by atoms with Crippen molar-refractivity contribution in [2.75, 3.05) is 26.7 Å². The van der Waals surface area contributed by atoms with Gasteiger partial charge in [-0.3, -0.25) is 0 Å². The summed E-state index contributed by atoms with van der Waals surface area (Å²) in [7, 11) is -1.66. The van der Waals surface area contributed by atoms with Crippen molar-refractivity contribution in [2.24, 2.45) is 11.8 Å². The number of hydrogen-bond acceptors (Lipinski definition) is 3. The summed E-state index contributed by atoms with van der Waals surface area (Å²) in [5.74, 6) is 0.526. The van der Waals surface area contributed by atoms with E-state index in [2.05, 4.69) is 6.92 Å². The molecule has 0 radical (unpaired) electrons. The van der Waals surface area contributed by atoms with Crippen LogP contribution in [0, 0.1) is 11.8 Å². The molecule has 0 spiro atoms. The first kappa shape index (κ1) is 16.2. The summed E-state index contributed by atoms with van der Waals surface area (Å²) in [5, 5.41) is 9.27. The lowest BCUT2D eigenvalue weighted by Crippen LogP contribution is -2.52. The van der Waals surface area contributed by atoms with Gasteiger partial charge in [-0.15, -0.1) is 0 Å². The SMILES string of the molecule is CC1CCCCC1N(C)S(=O)(=O)N1CCCC(CO)C1. The maximum Gasteiger partial charge on any atom is 0.281 e. The first-order chi connectivity index (χ1) is 9.46. The second-order valence-electron chi connectivity index (χ2n) is 6.40. The van der Waals surface area contributed by atoms with Crippen LogP contribution in [-0.4, -0.2) is 54.9 Å². The van der Waals surface area contributed by atoms with Crippen LogP contribution in [0.1, 0.15) is 45.4 Å². The van der Waals surface area contributed by atoms with Gasteiger partial charge in [-0.05, 0) is 37.5 Å². The Morgan fingerprint density at radius 2 is 1.90 bits per heavy atom. The van der Waals surface area contributed by atoms with Crippen molar-refractivity contribution in [2.45, 2.75) is 51.5 Å². The molecule has 3 unspecified atom stereocenters. The third-order valence-electron chi connectivity index (χ3n) is 4.96. The number of nitrogens with zero attached hydrogens (tertiary/aromatic N) is 2. The standard InChI is InChI=1S/C14H28N2O3S/c1-12-6-3-4-8-14(12)15(2)20(18,19)16-9-5-7-13(10-16)11-17/h12-14,17H,3-11H2,1-2H3. The van der Waals surface area contributed by atoms with Crippen molar-refractivity contribution >= 4 is 10.2 Å². The average molecular weight is 304 g/mol. The zero-order chi connectivity index (χ0) is 14.8. The van der Waals surface area contributed by atoms with E-state index in [1.165, 1.54) is 6.42 Å². The molecule has 2 rings (SSSR count). The molecule has 1 heterocycles. The number of hydrogen-bond donors (Lipinski definition) is 1. The Bertz CT molecular complexity index is 413. The summed E-state index contributed by atoms with van der Waals surface area (Å²) in [6, 6.07) is 0.128. The Hall–Kier alpha value is -0.170. The summed E-state index contributed by atoms with van der Waals surface area (Å²) in [4.78, 5) is 0. The Labute approximate surface area is 123 Å². The zero-order valence-electron chi connectivity index (χ0n) is 12.7. The highest BCUT2D eigenvalue weighted by molar-refractivity contribution is 7.86. The van der Waals surface area contributed by atoms with E-state index in [1.54, 1.807) is 15.7 Å². The van der Waals surface area contributed by atoms with Gasteiger partial charge in [0, 0.05) is 32.8 Å². The van der Waals surface area contributed by atoms with Gasteiger partial charge in [0.25, 0.3) is 10.2 Å². The molecule has 1 aliphatic carbocycles. The third kappa shape index (κ3) is 3.35. The van der Waals surface area contributed by atoms with Crippen LogP contribution in [0.25, 0.3) is 0 Å². The second-order valence-corrected chi connectivity index (χ2v) is 8.39. The predicted molar refractivity (Wildman–Crippen MR) is 79.5 cm³/mol. The number of rotatable bonds is 4. The molecule has 0 amide bonds. The lowest BCUT2D eigenvalue weighted by atomic mass is 9.86. The van der Waals surface area contributed by atoms with E-state index in [4.69, 9.17) is 0 Å². The Morgan fingerprint density at radius 3 is 2.55 bits per heavy atom. The molecular weight excluding hydrogens is 276 g/mol. The molecule has 1 saturated heterocycles. The molecular formula is C14H28N2O3S. The molecule has 3 atom stereocenters. The van der Waals surface area contributed by atoms with Crippen molar-refractivity contribution in [3.05, 3.63) is 0 Å². The molecule has 1 aliphatic heterocycles. The molecule has 1 saturated carbocycles. The quantitative estimate of drug-likeness (QED) is 0.855. The van der Waals surface area contributed by atoms with Crippen LogP contribution >= 0.6 is 0 Å². The molecule has 20 heavy (non-hydrogen) atoms. The summed E-state index contributed by atoms with van der Waals surface area (Å²) < 4.78 is 28.7. The normalized spacial score (nSPS) is 33.5. The molecule has 0 aromatic heterocycles. The van der Waals surface area contributed by atoms with Gasteiger partial charge < -0.3 is 5.11 Å². The molecule has 5 nitrogen and oxygen atoms in total. The van der Waals surface area contributed by atoms with E-state index < -0.39 is 10.2 Å². The van der Waals surface area contributed by atoms with Crippen LogP contribution < -0.4 is 0 Å². The van der Waals surface area contributed by atoms with Crippen molar-refractivity contribution in [1.29, 1.82) is 0 Å². The first-order valence-electron chi connectivity index (χ1n) is 7.80. The minimum atomic E-state index is -3.38. The summed E-state index contributed by atoms with van der Waals surface area (Å²) in [6.07, 6.45) is 6.18. The van der Waals surface area contributed by atoms with E-state index in [0.717, 1.165) is 32.1 Å². The maximum absolute atomic E-state index is 12.8. The third-order valence-corrected chi connectivity index (χ3v) is 6.95.